The summed E-state index contributed by atoms with van der Waals surface area (Å²) in [7, 11) is 3.22. The van der Waals surface area contributed by atoms with Crippen LogP contribution in [0, 0.1) is 0 Å². The van der Waals surface area contributed by atoms with E-state index in [9.17, 15) is 4.79 Å². The van der Waals surface area contributed by atoms with E-state index in [-0.39, 0.29) is 0 Å². The van der Waals surface area contributed by atoms with E-state index < -0.39 is 5.91 Å². The van der Waals surface area contributed by atoms with Crippen molar-refractivity contribution >= 4 is 12.0 Å². The fourth-order valence-electron chi connectivity index (χ4n) is 2.03. The minimum Gasteiger partial charge on any atom is -0.497 e. The maximum absolute atomic E-state index is 10.8. The second-order valence-corrected chi connectivity index (χ2v) is 4.77. The molecule has 0 spiro atoms. The molecule has 0 aliphatic heterocycles. The van der Waals surface area contributed by atoms with Gasteiger partial charge in [-0.2, -0.15) is 0 Å². The number of carbonyl (C=O) groups excluding carboxylic acids is 1. The van der Waals surface area contributed by atoms with Gasteiger partial charge in [-0.05, 0) is 48.0 Å². The van der Waals surface area contributed by atoms with E-state index in [0.717, 1.165) is 28.4 Å². The third-order valence-corrected chi connectivity index (χ3v) is 3.20. The molecule has 0 aromatic heterocycles. The summed E-state index contributed by atoms with van der Waals surface area (Å²) in [5.41, 5.74) is 6.82. The highest BCUT2D eigenvalue weighted by Crippen LogP contribution is 2.24. The first-order valence-electron chi connectivity index (χ1n) is 7.03. The lowest BCUT2D eigenvalue weighted by Gasteiger charge is -2.11. The molecule has 2 N–H and O–H groups in total. The molecule has 5 nitrogen and oxygen atoms in total. The number of benzene rings is 2. The summed E-state index contributed by atoms with van der Waals surface area (Å²) >= 11 is 0. The molecule has 2 aromatic carbocycles. The first kappa shape index (κ1) is 16.4. The van der Waals surface area contributed by atoms with Crippen LogP contribution in [0.3, 0.4) is 0 Å². The van der Waals surface area contributed by atoms with Crippen molar-refractivity contribution in [3.63, 3.8) is 0 Å². The molecule has 120 valence electrons. The average molecular weight is 313 g/mol. The highest BCUT2D eigenvalue weighted by Gasteiger charge is 2.05. The van der Waals surface area contributed by atoms with Crippen molar-refractivity contribution in [2.24, 2.45) is 5.73 Å². The summed E-state index contributed by atoms with van der Waals surface area (Å²) < 4.78 is 16.2. The van der Waals surface area contributed by atoms with Crippen molar-refractivity contribution in [1.29, 1.82) is 0 Å². The third kappa shape index (κ3) is 4.78. The van der Waals surface area contributed by atoms with Crippen LogP contribution < -0.4 is 19.9 Å². The summed E-state index contributed by atoms with van der Waals surface area (Å²) in [5, 5.41) is 0. The van der Waals surface area contributed by atoms with Crippen molar-refractivity contribution in [3.8, 4) is 17.2 Å². The van der Waals surface area contributed by atoms with Crippen molar-refractivity contribution in [1.82, 2.24) is 0 Å². The lowest BCUT2D eigenvalue weighted by atomic mass is 10.1. The molecule has 5 heteroatoms. The summed E-state index contributed by atoms with van der Waals surface area (Å²) in [6.07, 6.45) is 2.97. The van der Waals surface area contributed by atoms with Gasteiger partial charge in [0.25, 0.3) is 0 Å². The van der Waals surface area contributed by atoms with Gasteiger partial charge < -0.3 is 19.9 Å². The zero-order valence-corrected chi connectivity index (χ0v) is 13.1. The van der Waals surface area contributed by atoms with Crippen LogP contribution in [0.1, 0.15) is 11.1 Å². The third-order valence-electron chi connectivity index (χ3n) is 3.20. The quantitative estimate of drug-likeness (QED) is 0.798. The average Bonchev–Trinajstić information content (AvgIpc) is 2.58. The molecule has 0 saturated carbocycles. The van der Waals surface area contributed by atoms with Gasteiger partial charge in [0, 0.05) is 11.6 Å². The molecule has 0 bridgehead atoms. The SMILES string of the molecule is COc1ccc(OCc2cc(/C=C\C(N)=O)ccc2OC)cc1. The fraction of sp³-hybridized carbons (Fsp3) is 0.167. The normalized spacial score (nSPS) is 10.5. The van der Waals surface area contributed by atoms with Crippen LogP contribution in [-0.2, 0) is 11.4 Å². The predicted octanol–water partition coefficient (Wildman–Crippen LogP) is 2.78. The molecule has 23 heavy (non-hydrogen) atoms. The van der Waals surface area contributed by atoms with Gasteiger partial charge in [0.2, 0.25) is 5.91 Å². The molecule has 0 atom stereocenters. The van der Waals surface area contributed by atoms with Crippen molar-refractivity contribution in [2.75, 3.05) is 14.2 Å². The predicted molar refractivity (Wildman–Crippen MR) is 88.5 cm³/mol. The second kappa shape index (κ2) is 7.89. The number of carbonyl (C=O) groups is 1. The zero-order valence-electron chi connectivity index (χ0n) is 13.1. The molecule has 0 aliphatic rings. The number of hydrogen-bond acceptors (Lipinski definition) is 4. The Kier molecular flexibility index (Phi) is 5.63. The topological polar surface area (TPSA) is 70.8 Å². The maximum atomic E-state index is 10.8. The Morgan fingerprint density at radius 2 is 1.74 bits per heavy atom. The Labute approximate surface area is 135 Å². The summed E-state index contributed by atoms with van der Waals surface area (Å²) in [5.74, 6) is 1.73. The molecule has 0 aliphatic carbocycles. The Balaban J connectivity index is 2.12. The minimum absolute atomic E-state index is 0.341. The smallest absolute Gasteiger partial charge is 0.241 e. The first-order valence-corrected chi connectivity index (χ1v) is 7.03. The van der Waals surface area contributed by atoms with Gasteiger partial charge in [-0.3, -0.25) is 4.79 Å². The number of ether oxygens (including phenoxy) is 3. The van der Waals surface area contributed by atoms with E-state index in [1.165, 1.54) is 6.08 Å². The van der Waals surface area contributed by atoms with Crippen LogP contribution in [0.2, 0.25) is 0 Å². The number of hydrogen-bond donors (Lipinski definition) is 1. The van der Waals surface area contributed by atoms with Gasteiger partial charge in [0.05, 0.1) is 14.2 Å². The van der Waals surface area contributed by atoms with Gasteiger partial charge >= 0.3 is 0 Å². The molecule has 0 fully saturated rings. The Morgan fingerprint density at radius 3 is 2.35 bits per heavy atom. The molecule has 0 heterocycles. The van der Waals surface area contributed by atoms with Gasteiger partial charge in [-0.25, -0.2) is 0 Å². The minimum atomic E-state index is -0.489. The number of rotatable bonds is 7. The van der Waals surface area contributed by atoms with Gasteiger partial charge in [0.15, 0.2) is 0 Å². The summed E-state index contributed by atoms with van der Waals surface area (Å²) in [6.45, 7) is 0.341. The number of nitrogens with two attached hydrogens (primary N) is 1. The van der Waals surface area contributed by atoms with Gasteiger partial charge in [-0.1, -0.05) is 6.07 Å². The van der Waals surface area contributed by atoms with E-state index in [0.29, 0.717) is 6.61 Å². The number of methoxy groups -OCH3 is 2. The zero-order chi connectivity index (χ0) is 16.7. The van der Waals surface area contributed by atoms with Crippen LogP contribution in [0.15, 0.2) is 48.5 Å². The summed E-state index contributed by atoms with van der Waals surface area (Å²) in [6, 6.07) is 12.9. The van der Waals surface area contributed by atoms with E-state index >= 15 is 0 Å². The van der Waals surface area contributed by atoms with Gasteiger partial charge in [0.1, 0.15) is 23.9 Å². The molecule has 0 radical (unpaired) electrons. The van der Waals surface area contributed by atoms with Crippen LogP contribution in [0.4, 0.5) is 0 Å². The van der Waals surface area contributed by atoms with E-state index in [1.54, 1.807) is 20.3 Å². The van der Waals surface area contributed by atoms with Crippen LogP contribution in [0.25, 0.3) is 6.08 Å². The second-order valence-electron chi connectivity index (χ2n) is 4.77. The molecule has 1 amide bonds. The highest BCUT2D eigenvalue weighted by molar-refractivity contribution is 5.90. The van der Waals surface area contributed by atoms with Crippen molar-refractivity contribution in [2.45, 2.75) is 6.61 Å². The molecule has 2 rings (SSSR count). The van der Waals surface area contributed by atoms with Crippen molar-refractivity contribution < 1.29 is 19.0 Å². The highest BCUT2D eigenvalue weighted by atomic mass is 16.5. The van der Waals surface area contributed by atoms with Crippen LogP contribution in [0.5, 0.6) is 17.2 Å². The lowest BCUT2D eigenvalue weighted by Crippen LogP contribution is -2.05. The first-order chi connectivity index (χ1) is 11.1. The maximum Gasteiger partial charge on any atom is 0.241 e. The van der Waals surface area contributed by atoms with Gasteiger partial charge in [-0.15, -0.1) is 0 Å². The van der Waals surface area contributed by atoms with Crippen LogP contribution in [-0.4, -0.2) is 20.1 Å². The molecular formula is C18H19NO4. The molecule has 0 saturated heterocycles. The summed E-state index contributed by atoms with van der Waals surface area (Å²) in [4.78, 5) is 10.8. The Morgan fingerprint density at radius 1 is 1.04 bits per heavy atom. The number of amides is 1. The largest absolute Gasteiger partial charge is 0.497 e. The molecule has 0 unspecified atom stereocenters. The monoisotopic (exact) mass is 313 g/mol. The standard InChI is InChI=1S/C18H19NO4/c1-21-15-5-7-16(8-6-15)23-12-14-11-13(4-10-18(19)20)3-9-17(14)22-2/h3-11H,12H2,1-2H3,(H2,19,20)/b10-4-. The van der Waals surface area contributed by atoms with Crippen LogP contribution >= 0.6 is 0 Å². The van der Waals surface area contributed by atoms with E-state index in [4.69, 9.17) is 19.9 Å². The van der Waals surface area contributed by atoms with E-state index in [2.05, 4.69) is 0 Å². The molecule has 2 aromatic rings. The Hall–Kier alpha value is -2.95. The lowest BCUT2D eigenvalue weighted by molar-refractivity contribution is -0.113. The Bertz CT molecular complexity index is 693. The van der Waals surface area contributed by atoms with Crippen molar-refractivity contribution in [3.05, 3.63) is 59.7 Å². The molecular weight excluding hydrogens is 294 g/mol. The van der Waals surface area contributed by atoms with E-state index in [1.807, 2.05) is 42.5 Å². The number of primary amides is 1. The fourth-order valence-corrected chi connectivity index (χ4v) is 2.03.